The van der Waals surface area contributed by atoms with Crippen molar-refractivity contribution in [3.63, 3.8) is 0 Å². The van der Waals surface area contributed by atoms with Crippen LogP contribution in [0.25, 0.3) is 0 Å². The fraction of sp³-hybridized carbons (Fsp3) is 0.167. The zero-order chi connectivity index (χ0) is 12.3. The maximum absolute atomic E-state index is 10.8. The van der Waals surface area contributed by atoms with Gasteiger partial charge in [0.25, 0.3) is 5.69 Å². The maximum atomic E-state index is 10.8. The van der Waals surface area contributed by atoms with Crippen LogP contribution in [0.5, 0.6) is 0 Å². The smallest absolute Gasteiger partial charge is 0.272 e. The Morgan fingerprint density at radius 2 is 2.00 bits per heavy atom. The van der Waals surface area contributed by atoms with Gasteiger partial charge >= 0.3 is 0 Å². The highest BCUT2D eigenvalue weighted by atomic mass is 16.6. The van der Waals surface area contributed by atoms with E-state index in [1.165, 1.54) is 6.07 Å². The van der Waals surface area contributed by atoms with Gasteiger partial charge in [0.2, 0.25) is 0 Å². The van der Waals surface area contributed by atoms with Crippen molar-refractivity contribution in [2.24, 2.45) is 0 Å². The average molecular weight is 231 g/mol. The first-order valence-electron chi connectivity index (χ1n) is 5.28. The van der Waals surface area contributed by atoms with Crippen LogP contribution in [0.4, 0.5) is 5.69 Å². The third kappa shape index (κ3) is 2.44. The van der Waals surface area contributed by atoms with Crippen LogP contribution >= 0.6 is 0 Å². The van der Waals surface area contributed by atoms with Crippen LogP contribution in [0.2, 0.25) is 0 Å². The first-order chi connectivity index (χ1) is 8.18. The summed E-state index contributed by atoms with van der Waals surface area (Å²) < 4.78 is 1.82. The third-order valence-corrected chi connectivity index (χ3v) is 2.67. The SMILES string of the molecule is Cc1c(CNn2cccc2)cccc1[N+](=O)[O-]. The van der Waals surface area contributed by atoms with Gasteiger partial charge in [-0.25, -0.2) is 0 Å². The zero-order valence-corrected chi connectivity index (χ0v) is 9.46. The van der Waals surface area contributed by atoms with E-state index in [2.05, 4.69) is 5.43 Å². The highest BCUT2D eigenvalue weighted by Crippen LogP contribution is 2.20. The van der Waals surface area contributed by atoms with E-state index in [-0.39, 0.29) is 10.6 Å². The number of rotatable bonds is 4. The fourth-order valence-corrected chi connectivity index (χ4v) is 1.68. The molecular weight excluding hydrogens is 218 g/mol. The molecule has 0 saturated carbocycles. The second-order valence-corrected chi connectivity index (χ2v) is 3.74. The van der Waals surface area contributed by atoms with E-state index in [9.17, 15) is 10.1 Å². The molecule has 0 unspecified atom stereocenters. The van der Waals surface area contributed by atoms with E-state index < -0.39 is 0 Å². The molecule has 17 heavy (non-hydrogen) atoms. The van der Waals surface area contributed by atoms with Gasteiger partial charge in [0.1, 0.15) is 0 Å². The van der Waals surface area contributed by atoms with Crippen molar-refractivity contribution in [2.75, 3.05) is 5.43 Å². The lowest BCUT2D eigenvalue weighted by molar-refractivity contribution is -0.385. The number of benzene rings is 1. The van der Waals surface area contributed by atoms with Crippen molar-refractivity contribution >= 4 is 5.69 Å². The van der Waals surface area contributed by atoms with Gasteiger partial charge in [-0.3, -0.25) is 14.8 Å². The molecule has 1 aromatic heterocycles. The molecule has 0 aliphatic rings. The van der Waals surface area contributed by atoms with E-state index in [0.717, 1.165) is 5.56 Å². The lowest BCUT2D eigenvalue weighted by Crippen LogP contribution is -2.13. The Labute approximate surface area is 98.8 Å². The van der Waals surface area contributed by atoms with Gasteiger partial charge in [-0.15, -0.1) is 0 Å². The van der Waals surface area contributed by atoms with E-state index in [0.29, 0.717) is 12.1 Å². The molecule has 0 aliphatic carbocycles. The number of hydrogen-bond acceptors (Lipinski definition) is 3. The van der Waals surface area contributed by atoms with Crippen molar-refractivity contribution < 1.29 is 4.92 Å². The summed E-state index contributed by atoms with van der Waals surface area (Å²) in [4.78, 5) is 10.4. The molecule has 0 atom stereocenters. The molecular formula is C12H13N3O2. The molecule has 0 fully saturated rings. The summed E-state index contributed by atoms with van der Waals surface area (Å²) in [6, 6.07) is 8.94. The number of nitro groups is 1. The molecule has 0 spiro atoms. The number of nitro benzene ring substituents is 1. The van der Waals surface area contributed by atoms with Crippen molar-refractivity contribution in [3.05, 3.63) is 64.0 Å². The molecule has 1 aromatic carbocycles. The van der Waals surface area contributed by atoms with Crippen LogP contribution in [0.3, 0.4) is 0 Å². The maximum Gasteiger partial charge on any atom is 0.272 e. The minimum absolute atomic E-state index is 0.164. The fourth-order valence-electron chi connectivity index (χ4n) is 1.68. The Balaban J connectivity index is 2.16. The second kappa shape index (κ2) is 4.69. The van der Waals surface area contributed by atoms with Gasteiger partial charge in [0, 0.05) is 24.0 Å². The Kier molecular flexibility index (Phi) is 3.09. The summed E-state index contributed by atoms with van der Waals surface area (Å²) >= 11 is 0. The highest BCUT2D eigenvalue weighted by molar-refractivity contribution is 5.44. The van der Waals surface area contributed by atoms with Crippen LogP contribution < -0.4 is 5.43 Å². The molecule has 5 nitrogen and oxygen atoms in total. The summed E-state index contributed by atoms with van der Waals surface area (Å²) in [7, 11) is 0. The molecule has 0 aliphatic heterocycles. The van der Waals surface area contributed by atoms with Crippen molar-refractivity contribution in [1.29, 1.82) is 0 Å². The summed E-state index contributed by atoms with van der Waals surface area (Å²) in [5.41, 5.74) is 4.94. The molecule has 0 saturated heterocycles. The molecule has 2 rings (SSSR count). The molecule has 1 N–H and O–H groups in total. The molecule has 0 bridgehead atoms. The Morgan fingerprint density at radius 1 is 1.29 bits per heavy atom. The highest BCUT2D eigenvalue weighted by Gasteiger charge is 2.12. The van der Waals surface area contributed by atoms with Gasteiger partial charge in [-0.05, 0) is 24.6 Å². The number of aromatic nitrogens is 1. The standard InChI is InChI=1S/C12H13N3O2/c1-10-11(5-4-6-12(10)15(16)17)9-13-14-7-2-3-8-14/h2-8,13H,9H2,1H3. The van der Waals surface area contributed by atoms with Crippen LogP contribution in [0, 0.1) is 17.0 Å². The first kappa shape index (κ1) is 11.2. The molecule has 5 heteroatoms. The molecule has 0 radical (unpaired) electrons. The summed E-state index contributed by atoms with van der Waals surface area (Å²) in [5.74, 6) is 0. The van der Waals surface area contributed by atoms with Gasteiger partial charge in [0.15, 0.2) is 0 Å². The molecule has 88 valence electrons. The largest absolute Gasteiger partial charge is 0.322 e. The number of nitrogens with zero attached hydrogens (tertiary/aromatic N) is 2. The quantitative estimate of drug-likeness (QED) is 0.649. The number of hydrogen-bond donors (Lipinski definition) is 1. The predicted molar refractivity (Wildman–Crippen MR) is 65.3 cm³/mol. The first-order valence-corrected chi connectivity index (χ1v) is 5.28. The topological polar surface area (TPSA) is 60.1 Å². The lowest BCUT2D eigenvalue weighted by atomic mass is 10.1. The van der Waals surface area contributed by atoms with E-state index in [1.54, 1.807) is 13.0 Å². The lowest BCUT2D eigenvalue weighted by Gasteiger charge is -2.09. The van der Waals surface area contributed by atoms with Gasteiger partial charge in [-0.1, -0.05) is 12.1 Å². The van der Waals surface area contributed by atoms with Crippen LogP contribution in [0.1, 0.15) is 11.1 Å². The van der Waals surface area contributed by atoms with Crippen molar-refractivity contribution in [2.45, 2.75) is 13.5 Å². The molecule has 2 aromatic rings. The minimum Gasteiger partial charge on any atom is -0.322 e. The van der Waals surface area contributed by atoms with E-state index >= 15 is 0 Å². The normalized spacial score (nSPS) is 10.2. The van der Waals surface area contributed by atoms with E-state index in [4.69, 9.17) is 0 Å². The van der Waals surface area contributed by atoms with Crippen molar-refractivity contribution in [1.82, 2.24) is 4.68 Å². The minimum atomic E-state index is -0.353. The number of nitrogens with one attached hydrogen (secondary N) is 1. The van der Waals surface area contributed by atoms with Crippen molar-refractivity contribution in [3.8, 4) is 0 Å². The zero-order valence-electron chi connectivity index (χ0n) is 9.46. The van der Waals surface area contributed by atoms with Gasteiger partial charge in [0.05, 0.1) is 11.5 Å². The average Bonchev–Trinajstić information content (AvgIpc) is 2.80. The van der Waals surface area contributed by atoms with E-state index in [1.807, 2.05) is 35.3 Å². The second-order valence-electron chi connectivity index (χ2n) is 3.74. The Bertz CT molecular complexity index is 521. The monoisotopic (exact) mass is 231 g/mol. The Morgan fingerprint density at radius 3 is 2.65 bits per heavy atom. The molecule has 0 amide bonds. The third-order valence-electron chi connectivity index (χ3n) is 2.67. The summed E-state index contributed by atoms with van der Waals surface area (Å²) in [5, 5.41) is 10.8. The van der Waals surface area contributed by atoms with Crippen LogP contribution in [-0.2, 0) is 6.54 Å². The Hall–Kier alpha value is -2.30. The van der Waals surface area contributed by atoms with Gasteiger partial charge in [-0.2, -0.15) is 0 Å². The predicted octanol–water partition coefficient (Wildman–Crippen LogP) is 2.45. The van der Waals surface area contributed by atoms with Gasteiger partial charge < -0.3 is 5.43 Å². The van der Waals surface area contributed by atoms with Crippen LogP contribution in [-0.4, -0.2) is 9.60 Å². The molecule has 1 heterocycles. The summed E-state index contributed by atoms with van der Waals surface area (Å²) in [6.45, 7) is 2.33. The summed E-state index contributed by atoms with van der Waals surface area (Å²) in [6.07, 6.45) is 3.76. The van der Waals surface area contributed by atoms with Crippen LogP contribution in [0.15, 0.2) is 42.7 Å².